The third-order valence-corrected chi connectivity index (χ3v) is 7.06. The predicted octanol–water partition coefficient (Wildman–Crippen LogP) is 4.90. The van der Waals surface area contributed by atoms with Gasteiger partial charge < -0.3 is 5.32 Å². The monoisotopic (exact) mass is 472 g/mol. The predicted molar refractivity (Wildman–Crippen MR) is 120 cm³/mol. The molecule has 0 saturated heterocycles. The van der Waals surface area contributed by atoms with Crippen LogP contribution in [0.3, 0.4) is 0 Å². The van der Waals surface area contributed by atoms with Gasteiger partial charge in [-0.15, -0.1) is 0 Å². The zero-order chi connectivity index (χ0) is 21.0. The third-order valence-electron chi connectivity index (χ3n) is 4.38. The molecule has 0 heterocycles. The molecule has 3 rings (SSSR count). The summed E-state index contributed by atoms with van der Waals surface area (Å²) in [5, 5.41) is 2.78. The standard InChI is InChI=1S/C22H21BrN2O3S/c1-16-8-11-19(12-9-16)25(29(27,28)20-6-4-3-5-7-20)15-22(26)24-18-10-13-21(23)17(2)14-18/h3-14H,15H2,1-2H3,(H,24,26). The summed E-state index contributed by atoms with van der Waals surface area (Å²) in [6.07, 6.45) is 0. The fourth-order valence-corrected chi connectivity index (χ4v) is 4.49. The number of carbonyl (C=O) groups is 1. The van der Waals surface area contributed by atoms with Crippen molar-refractivity contribution < 1.29 is 13.2 Å². The van der Waals surface area contributed by atoms with Gasteiger partial charge in [0.2, 0.25) is 5.91 Å². The Labute approximate surface area is 179 Å². The Morgan fingerprint density at radius 2 is 1.62 bits per heavy atom. The summed E-state index contributed by atoms with van der Waals surface area (Å²) in [7, 11) is -3.90. The summed E-state index contributed by atoms with van der Waals surface area (Å²) in [5.74, 6) is -0.424. The van der Waals surface area contributed by atoms with E-state index in [4.69, 9.17) is 0 Å². The highest BCUT2D eigenvalue weighted by molar-refractivity contribution is 9.10. The quantitative estimate of drug-likeness (QED) is 0.554. The van der Waals surface area contributed by atoms with Crippen LogP contribution in [0.25, 0.3) is 0 Å². The van der Waals surface area contributed by atoms with E-state index in [2.05, 4.69) is 21.2 Å². The van der Waals surface area contributed by atoms with Gasteiger partial charge >= 0.3 is 0 Å². The van der Waals surface area contributed by atoms with E-state index in [0.29, 0.717) is 11.4 Å². The first-order valence-corrected chi connectivity index (χ1v) is 11.2. The Morgan fingerprint density at radius 3 is 2.24 bits per heavy atom. The van der Waals surface area contributed by atoms with E-state index in [1.807, 2.05) is 38.1 Å². The maximum absolute atomic E-state index is 13.2. The maximum atomic E-state index is 13.2. The molecule has 7 heteroatoms. The molecule has 1 amide bonds. The van der Waals surface area contributed by atoms with E-state index in [1.54, 1.807) is 36.4 Å². The van der Waals surface area contributed by atoms with Crippen LogP contribution >= 0.6 is 15.9 Å². The maximum Gasteiger partial charge on any atom is 0.264 e. The second-order valence-corrected chi connectivity index (χ2v) is 9.39. The summed E-state index contributed by atoms with van der Waals surface area (Å²) in [4.78, 5) is 12.8. The number of hydrogen-bond acceptors (Lipinski definition) is 3. The second kappa shape index (κ2) is 8.80. The average Bonchev–Trinajstić information content (AvgIpc) is 2.70. The van der Waals surface area contributed by atoms with Crippen molar-refractivity contribution in [1.29, 1.82) is 0 Å². The van der Waals surface area contributed by atoms with E-state index >= 15 is 0 Å². The van der Waals surface area contributed by atoms with Crippen LogP contribution in [0.4, 0.5) is 11.4 Å². The van der Waals surface area contributed by atoms with Crippen LogP contribution in [0.15, 0.2) is 82.2 Å². The van der Waals surface area contributed by atoms with Crippen LogP contribution in [0.5, 0.6) is 0 Å². The van der Waals surface area contributed by atoms with E-state index in [9.17, 15) is 13.2 Å². The molecule has 0 spiro atoms. The molecule has 0 aromatic heterocycles. The Bertz CT molecular complexity index is 1110. The Kier molecular flexibility index (Phi) is 6.39. The van der Waals surface area contributed by atoms with E-state index in [0.717, 1.165) is 19.9 Å². The number of nitrogens with one attached hydrogen (secondary N) is 1. The summed E-state index contributed by atoms with van der Waals surface area (Å²) in [6.45, 7) is 3.50. The molecule has 0 bridgehead atoms. The number of sulfonamides is 1. The molecule has 0 fully saturated rings. The van der Waals surface area contributed by atoms with Crippen molar-refractivity contribution in [2.75, 3.05) is 16.2 Å². The topological polar surface area (TPSA) is 66.5 Å². The van der Waals surface area contributed by atoms with Gasteiger partial charge in [-0.05, 0) is 61.9 Å². The summed E-state index contributed by atoms with van der Waals surface area (Å²) >= 11 is 3.42. The van der Waals surface area contributed by atoms with Gasteiger partial charge in [0.25, 0.3) is 10.0 Å². The van der Waals surface area contributed by atoms with Gasteiger partial charge in [0.1, 0.15) is 6.54 Å². The first kappa shape index (κ1) is 21.1. The van der Waals surface area contributed by atoms with Gasteiger partial charge in [0.15, 0.2) is 0 Å². The zero-order valence-electron chi connectivity index (χ0n) is 16.1. The summed E-state index contributed by atoms with van der Waals surface area (Å²) in [5.41, 5.74) is 3.01. The number of anilines is 2. The average molecular weight is 473 g/mol. The second-order valence-electron chi connectivity index (χ2n) is 6.67. The normalized spacial score (nSPS) is 11.1. The highest BCUT2D eigenvalue weighted by atomic mass is 79.9. The molecule has 3 aromatic carbocycles. The molecule has 0 saturated carbocycles. The van der Waals surface area contributed by atoms with Crippen LogP contribution in [0, 0.1) is 13.8 Å². The van der Waals surface area contributed by atoms with E-state index in [-0.39, 0.29) is 11.4 Å². The number of benzene rings is 3. The van der Waals surface area contributed by atoms with Gasteiger partial charge in [0, 0.05) is 10.2 Å². The largest absolute Gasteiger partial charge is 0.325 e. The van der Waals surface area contributed by atoms with Gasteiger partial charge in [-0.3, -0.25) is 9.10 Å². The van der Waals surface area contributed by atoms with Crippen LogP contribution in [-0.4, -0.2) is 20.9 Å². The molecule has 150 valence electrons. The Balaban J connectivity index is 1.92. The van der Waals surface area contributed by atoms with Gasteiger partial charge in [-0.1, -0.05) is 51.8 Å². The minimum Gasteiger partial charge on any atom is -0.325 e. The lowest BCUT2D eigenvalue weighted by Gasteiger charge is -2.24. The molecule has 0 unspecified atom stereocenters. The third kappa shape index (κ3) is 5.05. The summed E-state index contributed by atoms with van der Waals surface area (Å²) in [6, 6.07) is 20.6. The SMILES string of the molecule is Cc1ccc(N(CC(=O)Nc2ccc(Br)c(C)c2)S(=O)(=O)c2ccccc2)cc1. The number of amides is 1. The molecule has 1 N–H and O–H groups in total. The van der Waals surface area contributed by atoms with Gasteiger partial charge in [-0.2, -0.15) is 0 Å². The van der Waals surface area contributed by atoms with Crippen molar-refractivity contribution >= 4 is 43.2 Å². The lowest BCUT2D eigenvalue weighted by molar-refractivity contribution is -0.114. The molecule has 5 nitrogen and oxygen atoms in total. The molecule has 0 aliphatic heterocycles. The number of rotatable bonds is 6. The first-order chi connectivity index (χ1) is 13.8. The fourth-order valence-electron chi connectivity index (χ4n) is 2.80. The smallest absolute Gasteiger partial charge is 0.264 e. The van der Waals surface area contributed by atoms with Crippen molar-refractivity contribution in [3.63, 3.8) is 0 Å². The zero-order valence-corrected chi connectivity index (χ0v) is 18.5. The van der Waals surface area contributed by atoms with Crippen LogP contribution in [-0.2, 0) is 14.8 Å². The van der Waals surface area contributed by atoms with Crippen molar-refractivity contribution in [3.8, 4) is 0 Å². The highest BCUT2D eigenvalue weighted by Crippen LogP contribution is 2.25. The minimum atomic E-state index is -3.90. The Hall–Kier alpha value is -2.64. The van der Waals surface area contributed by atoms with Crippen molar-refractivity contribution in [3.05, 3.63) is 88.4 Å². The van der Waals surface area contributed by atoms with Gasteiger partial charge in [0.05, 0.1) is 10.6 Å². The molecular weight excluding hydrogens is 452 g/mol. The first-order valence-electron chi connectivity index (χ1n) is 8.98. The fraction of sp³-hybridized carbons (Fsp3) is 0.136. The van der Waals surface area contributed by atoms with Crippen LogP contribution in [0.1, 0.15) is 11.1 Å². The molecule has 29 heavy (non-hydrogen) atoms. The number of halogens is 1. The molecular formula is C22H21BrN2O3S. The van der Waals surface area contributed by atoms with Crippen LogP contribution in [0.2, 0.25) is 0 Å². The molecule has 0 aliphatic rings. The van der Waals surface area contributed by atoms with Gasteiger partial charge in [-0.25, -0.2) is 8.42 Å². The molecule has 0 atom stereocenters. The number of aryl methyl sites for hydroxylation is 2. The molecule has 0 radical (unpaired) electrons. The number of carbonyl (C=O) groups excluding carboxylic acids is 1. The lowest BCUT2D eigenvalue weighted by Crippen LogP contribution is -2.38. The van der Waals surface area contributed by atoms with Crippen LogP contribution < -0.4 is 9.62 Å². The lowest BCUT2D eigenvalue weighted by atomic mass is 10.2. The molecule has 0 aliphatic carbocycles. The van der Waals surface area contributed by atoms with Crippen molar-refractivity contribution in [2.24, 2.45) is 0 Å². The van der Waals surface area contributed by atoms with Crippen molar-refractivity contribution in [1.82, 2.24) is 0 Å². The number of hydrogen-bond donors (Lipinski definition) is 1. The number of nitrogens with zero attached hydrogens (tertiary/aromatic N) is 1. The highest BCUT2D eigenvalue weighted by Gasteiger charge is 2.27. The van der Waals surface area contributed by atoms with E-state index in [1.165, 1.54) is 12.1 Å². The van der Waals surface area contributed by atoms with Crippen molar-refractivity contribution in [2.45, 2.75) is 18.7 Å². The summed E-state index contributed by atoms with van der Waals surface area (Å²) < 4.78 is 28.5. The molecule has 3 aromatic rings. The Morgan fingerprint density at radius 1 is 0.966 bits per heavy atom. The van der Waals surface area contributed by atoms with E-state index < -0.39 is 15.9 Å². The minimum absolute atomic E-state index is 0.132.